The zero-order valence-electron chi connectivity index (χ0n) is 5.27. The van der Waals surface area contributed by atoms with Crippen molar-refractivity contribution in [2.45, 2.75) is 5.03 Å². The Morgan fingerprint density at radius 3 is 2.90 bits per heavy atom. The van der Waals surface area contributed by atoms with Gasteiger partial charge in [0, 0.05) is 9.77 Å². The smallest absolute Gasteiger partial charge is 0.115 e. The van der Waals surface area contributed by atoms with Crippen LogP contribution in [0.15, 0.2) is 17.3 Å². The molecule has 0 spiro atoms. The topological polar surface area (TPSA) is 12.9 Å². The summed E-state index contributed by atoms with van der Waals surface area (Å²) in [5, 5.41) is 1.66. The average Bonchev–Trinajstić information content (AvgIpc) is 1.95. The van der Waals surface area contributed by atoms with Crippen molar-refractivity contribution in [3.8, 4) is 0 Å². The first-order valence-corrected chi connectivity index (χ1v) is 5.28. The van der Waals surface area contributed by atoms with Crippen molar-refractivity contribution >= 4 is 46.0 Å². The number of thioether (sulfide) groups is 1. The zero-order valence-corrected chi connectivity index (χ0v) is 9.00. The monoisotopic (exact) mass is 285 g/mol. The van der Waals surface area contributed by atoms with E-state index in [-0.39, 0.29) is 0 Å². The van der Waals surface area contributed by atoms with E-state index >= 15 is 0 Å². The van der Waals surface area contributed by atoms with Crippen molar-refractivity contribution < 1.29 is 0 Å². The summed E-state index contributed by atoms with van der Waals surface area (Å²) in [6.07, 6.45) is 3.73. The Hall–Kier alpha value is 0.520. The number of hydrogen-bond donors (Lipinski definition) is 0. The Morgan fingerprint density at radius 1 is 1.70 bits per heavy atom. The lowest BCUT2D eigenvalue weighted by atomic mass is 10.5. The fourth-order valence-corrected chi connectivity index (χ4v) is 1.94. The van der Waals surface area contributed by atoms with Gasteiger partial charge in [-0.1, -0.05) is 11.6 Å². The van der Waals surface area contributed by atoms with Crippen LogP contribution in [0.4, 0.5) is 0 Å². The summed E-state index contributed by atoms with van der Waals surface area (Å²) in [6, 6.07) is 1.89. The third-order valence-electron chi connectivity index (χ3n) is 1.00. The second-order valence-electron chi connectivity index (χ2n) is 1.62. The molecular formula is C6H5ClINS. The van der Waals surface area contributed by atoms with Crippen LogP contribution in [0, 0.1) is 3.57 Å². The lowest BCUT2D eigenvalue weighted by Gasteiger charge is -1.98. The highest BCUT2D eigenvalue weighted by Crippen LogP contribution is 2.26. The summed E-state index contributed by atoms with van der Waals surface area (Å²) in [4.78, 5) is 4.08. The Balaban J connectivity index is 3.14. The third kappa shape index (κ3) is 1.77. The second-order valence-corrected chi connectivity index (χ2v) is 3.95. The second kappa shape index (κ2) is 3.78. The molecule has 54 valence electrons. The minimum absolute atomic E-state index is 0.760. The van der Waals surface area contributed by atoms with Crippen LogP contribution < -0.4 is 0 Å². The number of rotatable bonds is 1. The summed E-state index contributed by atoms with van der Waals surface area (Å²) >= 11 is 9.65. The maximum atomic E-state index is 5.90. The van der Waals surface area contributed by atoms with Crippen molar-refractivity contribution in [2.24, 2.45) is 0 Å². The summed E-state index contributed by atoms with van der Waals surface area (Å²) < 4.78 is 1.05. The SMILES string of the molecule is CSc1nccc(I)c1Cl. The first-order valence-electron chi connectivity index (χ1n) is 2.59. The molecule has 0 aliphatic rings. The average molecular weight is 286 g/mol. The maximum absolute atomic E-state index is 5.90. The number of nitrogens with zero attached hydrogens (tertiary/aromatic N) is 1. The first kappa shape index (κ1) is 8.62. The standard InChI is InChI=1S/C6H5ClINS/c1-10-6-5(7)4(8)2-3-9-6/h2-3H,1H3. The van der Waals surface area contributed by atoms with Crippen molar-refractivity contribution in [2.75, 3.05) is 6.26 Å². The lowest BCUT2D eigenvalue weighted by Crippen LogP contribution is -1.82. The van der Waals surface area contributed by atoms with Crippen molar-refractivity contribution in [3.63, 3.8) is 0 Å². The fraction of sp³-hybridized carbons (Fsp3) is 0.167. The van der Waals surface area contributed by atoms with Crippen molar-refractivity contribution in [1.82, 2.24) is 4.98 Å². The van der Waals surface area contributed by atoms with Gasteiger partial charge in [0.2, 0.25) is 0 Å². The predicted molar refractivity (Wildman–Crippen MR) is 53.7 cm³/mol. The molecule has 1 nitrogen and oxygen atoms in total. The molecule has 1 aromatic heterocycles. The Bertz CT molecular complexity index is 241. The highest BCUT2D eigenvalue weighted by molar-refractivity contribution is 14.1. The van der Waals surface area contributed by atoms with Crippen LogP contribution in [-0.2, 0) is 0 Å². The van der Waals surface area contributed by atoms with E-state index in [9.17, 15) is 0 Å². The highest BCUT2D eigenvalue weighted by Gasteiger charge is 2.02. The van der Waals surface area contributed by atoms with E-state index in [1.54, 1.807) is 18.0 Å². The minimum Gasteiger partial charge on any atom is -0.248 e. The predicted octanol–water partition coefficient (Wildman–Crippen LogP) is 3.06. The van der Waals surface area contributed by atoms with Gasteiger partial charge in [0.1, 0.15) is 5.03 Å². The van der Waals surface area contributed by atoms with Crippen LogP contribution in [0.1, 0.15) is 0 Å². The van der Waals surface area contributed by atoms with Crippen LogP contribution >= 0.6 is 46.0 Å². The Labute approximate surface area is 82.7 Å². The molecule has 0 aromatic carbocycles. The molecule has 1 heterocycles. The van der Waals surface area contributed by atoms with Gasteiger partial charge >= 0.3 is 0 Å². The Kier molecular flexibility index (Phi) is 3.26. The summed E-state index contributed by atoms with van der Waals surface area (Å²) in [6.45, 7) is 0. The molecule has 0 N–H and O–H groups in total. The summed E-state index contributed by atoms with van der Waals surface area (Å²) in [5.74, 6) is 0. The van der Waals surface area contributed by atoms with E-state index < -0.39 is 0 Å². The van der Waals surface area contributed by atoms with E-state index in [4.69, 9.17) is 11.6 Å². The van der Waals surface area contributed by atoms with Crippen LogP contribution in [0.5, 0.6) is 0 Å². The van der Waals surface area contributed by atoms with E-state index in [0.29, 0.717) is 0 Å². The molecule has 0 atom stereocenters. The summed E-state index contributed by atoms with van der Waals surface area (Å²) in [5.41, 5.74) is 0. The van der Waals surface area contributed by atoms with Gasteiger partial charge in [-0.2, -0.15) is 0 Å². The van der Waals surface area contributed by atoms with E-state index in [1.807, 2.05) is 12.3 Å². The lowest BCUT2D eigenvalue weighted by molar-refractivity contribution is 1.13. The molecule has 0 aliphatic heterocycles. The molecule has 0 radical (unpaired) electrons. The number of pyridine rings is 1. The molecule has 4 heteroatoms. The third-order valence-corrected chi connectivity index (χ3v) is 3.41. The van der Waals surface area contributed by atoms with Gasteiger partial charge in [0.25, 0.3) is 0 Å². The molecule has 10 heavy (non-hydrogen) atoms. The van der Waals surface area contributed by atoms with Crippen LogP contribution in [-0.4, -0.2) is 11.2 Å². The van der Waals surface area contributed by atoms with Crippen LogP contribution in [0.25, 0.3) is 0 Å². The van der Waals surface area contributed by atoms with Gasteiger partial charge in [-0.25, -0.2) is 4.98 Å². The minimum atomic E-state index is 0.760. The van der Waals surface area contributed by atoms with Crippen molar-refractivity contribution in [3.05, 3.63) is 20.9 Å². The molecule has 0 aliphatic carbocycles. The molecule has 0 fully saturated rings. The normalized spacial score (nSPS) is 9.90. The van der Waals surface area contributed by atoms with Crippen LogP contribution in [0.3, 0.4) is 0 Å². The van der Waals surface area contributed by atoms with Crippen molar-refractivity contribution in [1.29, 1.82) is 0 Å². The quantitative estimate of drug-likeness (QED) is 0.581. The van der Waals surface area contributed by atoms with Gasteiger partial charge in [-0.3, -0.25) is 0 Å². The molecule has 0 saturated heterocycles. The van der Waals surface area contributed by atoms with Gasteiger partial charge in [0.05, 0.1) is 5.02 Å². The highest BCUT2D eigenvalue weighted by atomic mass is 127. The molecular weight excluding hydrogens is 280 g/mol. The summed E-state index contributed by atoms with van der Waals surface area (Å²) in [7, 11) is 0. The van der Waals surface area contributed by atoms with E-state index in [0.717, 1.165) is 13.6 Å². The van der Waals surface area contributed by atoms with E-state index in [1.165, 1.54) is 0 Å². The molecule has 0 bridgehead atoms. The maximum Gasteiger partial charge on any atom is 0.115 e. The van der Waals surface area contributed by atoms with Gasteiger partial charge in [0.15, 0.2) is 0 Å². The molecule has 0 saturated carbocycles. The molecule has 0 amide bonds. The largest absolute Gasteiger partial charge is 0.248 e. The van der Waals surface area contributed by atoms with Crippen LogP contribution in [0.2, 0.25) is 5.02 Å². The molecule has 1 aromatic rings. The van der Waals surface area contributed by atoms with Gasteiger partial charge in [-0.05, 0) is 34.9 Å². The number of aromatic nitrogens is 1. The van der Waals surface area contributed by atoms with Gasteiger partial charge in [-0.15, -0.1) is 11.8 Å². The molecule has 1 rings (SSSR count). The molecule has 0 unspecified atom stereocenters. The first-order chi connectivity index (χ1) is 4.75. The Morgan fingerprint density at radius 2 is 2.40 bits per heavy atom. The zero-order chi connectivity index (χ0) is 7.56. The van der Waals surface area contributed by atoms with E-state index in [2.05, 4.69) is 27.6 Å². The van der Waals surface area contributed by atoms with Gasteiger partial charge < -0.3 is 0 Å². The number of halogens is 2. The fourth-order valence-electron chi connectivity index (χ4n) is 0.545. The number of hydrogen-bond acceptors (Lipinski definition) is 2.